The van der Waals surface area contributed by atoms with Gasteiger partial charge in [0.2, 0.25) is 0 Å². The molecule has 2 amide bonds. The SMILES string of the molecule is Cc1cccc(C(=O)Nc2sc3c(c2C(N)=O)CN(C)CC3)c1. The quantitative estimate of drug-likeness (QED) is 0.908. The van der Waals surface area contributed by atoms with Crippen molar-refractivity contribution in [3.63, 3.8) is 0 Å². The lowest BCUT2D eigenvalue weighted by Gasteiger charge is -2.22. The fourth-order valence-electron chi connectivity index (χ4n) is 2.83. The van der Waals surface area contributed by atoms with Crippen LogP contribution in [0.1, 0.15) is 36.7 Å². The summed E-state index contributed by atoms with van der Waals surface area (Å²) in [4.78, 5) is 27.6. The first-order valence-electron chi connectivity index (χ1n) is 7.46. The molecule has 23 heavy (non-hydrogen) atoms. The number of primary amides is 1. The van der Waals surface area contributed by atoms with Gasteiger partial charge < -0.3 is 16.0 Å². The molecule has 1 aromatic carbocycles. The molecular weight excluding hydrogens is 310 g/mol. The van der Waals surface area contributed by atoms with Gasteiger partial charge in [-0.05, 0) is 38.1 Å². The summed E-state index contributed by atoms with van der Waals surface area (Å²) in [6.45, 7) is 3.56. The number of carbonyl (C=O) groups is 2. The van der Waals surface area contributed by atoms with Crippen LogP contribution < -0.4 is 11.1 Å². The van der Waals surface area contributed by atoms with Crippen molar-refractivity contribution in [2.24, 2.45) is 5.73 Å². The Balaban J connectivity index is 1.94. The van der Waals surface area contributed by atoms with E-state index in [2.05, 4.69) is 10.2 Å². The van der Waals surface area contributed by atoms with Crippen LogP contribution >= 0.6 is 11.3 Å². The Labute approximate surface area is 139 Å². The van der Waals surface area contributed by atoms with E-state index < -0.39 is 5.91 Å². The van der Waals surface area contributed by atoms with Crippen LogP contribution in [0.15, 0.2) is 24.3 Å². The number of anilines is 1. The Hall–Kier alpha value is -2.18. The van der Waals surface area contributed by atoms with Crippen molar-refractivity contribution in [3.8, 4) is 0 Å². The molecule has 6 heteroatoms. The minimum atomic E-state index is -0.489. The Kier molecular flexibility index (Phi) is 4.19. The van der Waals surface area contributed by atoms with Crippen LogP contribution in [0.4, 0.5) is 5.00 Å². The third-order valence-electron chi connectivity index (χ3n) is 3.99. The van der Waals surface area contributed by atoms with Gasteiger partial charge in [-0.15, -0.1) is 11.3 Å². The van der Waals surface area contributed by atoms with Gasteiger partial charge in [-0.3, -0.25) is 9.59 Å². The molecule has 0 atom stereocenters. The second kappa shape index (κ2) is 6.14. The number of amides is 2. The second-order valence-electron chi connectivity index (χ2n) is 5.88. The van der Waals surface area contributed by atoms with Crippen LogP contribution in [0.3, 0.4) is 0 Å². The summed E-state index contributed by atoms with van der Waals surface area (Å²) >= 11 is 1.46. The lowest BCUT2D eigenvalue weighted by atomic mass is 10.0. The van der Waals surface area contributed by atoms with Gasteiger partial charge in [0.25, 0.3) is 11.8 Å². The average Bonchev–Trinajstić information content (AvgIpc) is 2.84. The van der Waals surface area contributed by atoms with Crippen molar-refractivity contribution in [1.29, 1.82) is 0 Å². The summed E-state index contributed by atoms with van der Waals surface area (Å²) in [6, 6.07) is 7.35. The number of thiophene rings is 1. The number of rotatable bonds is 3. The number of benzene rings is 1. The van der Waals surface area contributed by atoms with Crippen molar-refractivity contribution in [2.75, 3.05) is 18.9 Å². The Morgan fingerprint density at radius 2 is 2.13 bits per heavy atom. The van der Waals surface area contributed by atoms with Gasteiger partial charge in [0.1, 0.15) is 5.00 Å². The van der Waals surface area contributed by atoms with Crippen LogP contribution in [0.2, 0.25) is 0 Å². The van der Waals surface area contributed by atoms with E-state index in [-0.39, 0.29) is 5.91 Å². The first kappa shape index (κ1) is 15.7. The maximum Gasteiger partial charge on any atom is 0.256 e. The standard InChI is InChI=1S/C17H19N3O2S/c1-10-4-3-5-11(8-10)16(22)19-17-14(15(18)21)12-9-20(2)7-6-13(12)23-17/h3-5,8H,6-7,9H2,1-2H3,(H2,18,21)(H,19,22). The zero-order valence-electron chi connectivity index (χ0n) is 13.2. The molecule has 5 nitrogen and oxygen atoms in total. The monoisotopic (exact) mass is 329 g/mol. The van der Waals surface area contributed by atoms with E-state index in [1.807, 2.05) is 32.2 Å². The highest BCUT2D eigenvalue weighted by molar-refractivity contribution is 7.17. The molecule has 0 unspecified atom stereocenters. The molecule has 1 aromatic heterocycles. The lowest BCUT2D eigenvalue weighted by molar-refractivity contribution is 0.0999. The maximum absolute atomic E-state index is 12.5. The molecule has 0 fully saturated rings. The van der Waals surface area contributed by atoms with Crippen molar-refractivity contribution in [3.05, 3.63) is 51.4 Å². The molecule has 1 aliphatic rings. The third kappa shape index (κ3) is 3.13. The van der Waals surface area contributed by atoms with Crippen LogP contribution in [0.25, 0.3) is 0 Å². The summed E-state index contributed by atoms with van der Waals surface area (Å²) in [5.41, 5.74) is 8.56. The molecular formula is C17H19N3O2S. The van der Waals surface area contributed by atoms with E-state index in [0.29, 0.717) is 22.7 Å². The van der Waals surface area contributed by atoms with Gasteiger partial charge in [-0.25, -0.2) is 0 Å². The lowest BCUT2D eigenvalue weighted by Crippen LogP contribution is -2.27. The molecule has 2 heterocycles. The summed E-state index contributed by atoms with van der Waals surface area (Å²) in [6.07, 6.45) is 0.872. The van der Waals surface area contributed by atoms with E-state index in [9.17, 15) is 9.59 Å². The maximum atomic E-state index is 12.5. The van der Waals surface area contributed by atoms with Crippen LogP contribution in [-0.4, -0.2) is 30.3 Å². The third-order valence-corrected chi connectivity index (χ3v) is 5.20. The van der Waals surface area contributed by atoms with E-state index in [1.165, 1.54) is 11.3 Å². The van der Waals surface area contributed by atoms with Gasteiger partial charge in [0, 0.05) is 23.5 Å². The second-order valence-corrected chi connectivity index (χ2v) is 6.99. The molecule has 0 saturated heterocycles. The van der Waals surface area contributed by atoms with Crippen molar-refractivity contribution < 1.29 is 9.59 Å². The number of nitrogens with two attached hydrogens (primary N) is 1. The smallest absolute Gasteiger partial charge is 0.256 e. The zero-order valence-corrected chi connectivity index (χ0v) is 14.0. The normalized spacial score (nSPS) is 14.3. The highest BCUT2D eigenvalue weighted by Gasteiger charge is 2.26. The number of hydrogen-bond acceptors (Lipinski definition) is 4. The molecule has 2 aromatic rings. The molecule has 0 radical (unpaired) electrons. The molecule has 0 aliphatic carbocycles. The Bertz CT molecular complexity index is 782. The summed E-state index contributed by atoms with van der Waals surface area (Å²) in [7, 11) is 2.01. The molecule has 120 valence electrons. The molecule has 3 rings (SSSR count). The topological polar surface area (TPSA) is 75.4 Å². The van der Waals surface area contributed by atoms with E-state index in [0.717, 1.165) is 29.0 Å². The number of likely N-dealkylation sites (N-methyl/N-ethyl adjacent to an activating group) is 1. The van der Waals surface area contributed by atoms with E-state index >= 15 is 0 Å². The van der Waals surface area contributed by atoms with E-state index in [1.54, 1.807) is 6.07 Å². The first-order chi connectivity index (χ1) is 11.0. The Morgan fingerprint density at radius 3 is 2.83 bits per heavy atom. The predicted octanol–water partition coefficient (Wildman–Crippen LogP) is 2.40. The summed E-state index contributed by atoms with van der Waals surface area (Å²) < 4.78 is 0. The van der Waals surface area contributed by atoms with Gasteiger partial charge in [0.05, 0.1) is 5.56 Å². The zero-order chi connectivity index (χ0) is 16.6. The molecule has 3 N–H and O–H groups in total. The van der Waals surface area contributed by atoms with E-state index in [4.69, 9.17) is 5.73 Å². The predicted molar refractivity (Wildman–Crippen MR) is 92.0 cm³/mol. The van der Waals surface area contributed by atoms with Crippen LogP contribution in [-0.2, 0) is 13.0 Å². The minimum Gasteiger partial charge on any atom is -0.365 e. The molecule has 0 bridgehead atoms. The van der Waals surface area contributed by atoms with Crippen molar-refractivity contribution in [1.82, 2.24) is 4.90 Å². The number of aryl methyl sites for hydroxylation is 1. The van der Waals surface area contributed by atoms with Gasteiger partial charge in [-0.1, -0.05) is 17.7 Å². The number of fused-ring (bicyclic) bond motifs is 1. The van der Waals surface area contributed by atoms with Crippen molar-refractivity contribution in [2.45, 2.75) is 19.9 Å². The first-order valence-corrected chi connectivity index (χ1v) is 8.28. The number of nitrogens with one attached hydrogen (secondary N) is 1. The fourth-order valence-corrected chi connectivity index (χ4v) is 4.03. The molecule has 0 spiro atoms. The molecule has 0 saturated carbocycles. The average molecular weight is 329 g/mol. The Morgan fingerprint density at radius 1 is 1.35 bits per heavy atom. The highest BCUT2D eigenvalue weighted by Crippen LogP contribution is 2.36. The number of hydrogen-bond donors (Lipinski definition) is 2. The fraction of sp³-hybridized carbons (Fsp3) is 0.294. The number of carbonyl (C=O) groups excluding carboxylic acids is 2. The summed E-state index contributed by atoms with van der Waals surface area (Å²) in [5, 5.41) is 3.43. The summed E-state index contributed by atoms with van der Waals surface area (Å²) in [5.74, 6) is -0.708. The van der Waals surface area contributed by atoms with Gasteiger partial charge in [0.15, 0.2) is 0 Å². The minimum absolute atomic E-state index is 0.219. The largest absolute Gasteiger partial charge is 0.365 e. The number of nitrogens with zero attached hydrogens (tertiary/aromatic N) is 1. The van der Waals surface area contributed by atoms with Crippen molar-refractivity contribution >= 4 is 28.2 Å². The molecule has 1 aliphatic heterocycles. The van der Waals surface area contributed by atoms with Crippen LogP contribution in [0.5, 0.6) is 0 Å². The highest BCUT2D eigenvalue weighted by atomic mass is 32.1. The van der Waals surface area contributed by atoms with Gasteiger partial charge >= 0.3 is 0 Å². The van der Waals surface area contributed by atoms with Gasteiger partial charge in [-0.2, -0.15) is 0 Å². The van der Waals surface area contributed by atoms with Crippen LogP contribution in [0, 0.1) is 6.92 Å².